The van der Waals surface area contributed by atoms with Crippen molar-refractivity contribution in [1.29, 1.82) is 0 Å². The second kappa shape index (κ2) is 13.6. The van der Waals surface area contributed by atoms with E-state index in [0.717, 1.165) is 51.4 Å². The van der Waals surface area contributed by atoms with Gasteiger partial charge in [-0.3, -0.25) is 14.5 Å². The number of nitrogens with one attached hydrogen (secondary N) is 1. The van der Waals surface area contributed by atoms with Crippen molar-refractivity contribution in [2.24, 2.45) is 0 Å². The Morgan fingerprint density at radius 1 is 0.886 bits per heavy atom. The molecule has 0 spiro atoms. The highest BCUT2D eigenvalue weighted by Gasteiger charge is 2.18. The van der Waals surface area contributed by atoms with Crippen LogP contribution in [0.25, 0.3) is 0 Å². The maximum atomic E-state index is 12.6. The molecular formula is C28H39ClN4O2. The Bertz CT molecular complexity index is 938. The minimum atomic E-state index is 0.00975. The fraction of sp³-hybridized carbons (Fsp3) is 0.500. The molecule has 1 aliphatic rings. The van der Waals surface area contributed by atoms with Crippen molar-refractivity contribution in [1.82, 2.24) is 15.1 Å². The van der Waals surface area contributed by atoms with Gasteiger partial charge in [0.2, 0.25) is 5.91 Å². The fourth-order valence-corrected chi connectivity index (χ4v) is 4.49. The lowest BCUT2D eigenvalue weighted by Crippen LogP contribution is -2.50. The minimum absolute atomic E-state index is 0.00975. The summed E-state index contributed by atoms with van der Waals surface area (Å²) in [5, 5.41) is 3.60. The molecule has 1 fully saturated rings. The smallest absolute Gasteiger partial charge is 0.234 e. The molecule has 0 aromatic heterocycles. The van der Waals surface area contributed by atoms with Crippen LogP contribution in [0.3, 0.4) is 0 Å². The summed E-state index contributed by atoms with van der Waals surface area (Å²) in [4.78, 5) is 31.6. The third-order valence-electron chi connectivity index (χ3n) is 6.43. The molecule has 2 aromatic carbocycles. The van der Waals surface area contributed by atoms with Gasteiger partial charge in [0.05, 0.1) is 6.54 Å². The minimum Gasteiger partial charge on any atom is -0.375 e. The molecule has 2 aromatic rings. The number of unbranched alkanes of at least 4 members (excludes halogenated alkanes) is 2. The number of ketones is 1. The Morgan fingerprint density at radius 2 is 1.46 bits per heavy atom. The highest BCUT2D eigenvalue weighted by Crippen LogP contribution is 2.18. The Balaban J connectivity index is 1.31. The van der Waals surface area contributed by atoms with E-state index in [4.69, 9.17) is 11.6 Å². The fourth-order valence-electron chi connectivity index (χ4n) is 4.37. The lowest BCUT2D eigenvalue weighted by Gasteiger charge is -2.34. The zero-order valence-electron chi connectivity index (χ0n) is 21.3. The number of carbonyl (C=O) groups is 2. The number of benzene rings is 2. The van der Waals surface area contributed by atoms with E-state index < -0.39 is 0 Å². The monoisotopic (exact) mass is 498 g/mol. The molecule has 0 bridgehead atoms. The van der Waals surface area contributed by atoms with Crippen LogP contribution in [0.5, 0.6) is 0 Å². The van der Waals surface area contributed by atoms with Gasteiger partial charge in [-0.25, -0.2) is 0 Å². The predicted molar refractivity (Wildman–Crippen MR) is 145 cm³/mol. The molecule has 0 unspecified atom stereocenters. The molecule has 0 radical (unpaired) electrons. The van der Waals surface area contributed by atoms with E-state index >= 15 is 0 Å². The van der Waals surface area contributed by atoms with Crippen LogP contribution in [0, 0.1) is 0 Å². The standard InChI is InChI=1S/C28H39ClN4O2/c1-22(2)30-27(34)21-33-19-17-32(18-20-33)16-6-4-5-15-31(3)26-13-9-24(10-14-26)28(35)23-7-11-25(29)12-8-23/h7-14,22H,4-6,15-21H2,1-3H3,(H,30,34). The number of hydrogen-bond donors (Lipinski definition) is 1. The maximum absolute atomic E-state index is 12.6. The molecule has 6 nitrogen and oxygen atoms in total. The molecule has 1 amide bonds. The Morgan fingerprint density at radius 3 is 2.06 bits per heavy atom. The Hall–Kier alpha value is -2.41. The van der Waals surface area contributed by atoms with Crippen molar-refractivity contribution in [2.45, 2.75) is 39.2 Å². The van der Waals surface area contributed by atoms with Crippen molar-refractivity contribution in [2.75, 3.05) is 57.8 Å². The molecular weight excluding hydrogens is 460 g/mol. The van der Waals surface area contributed by atoms with Crippen molar-refractivity contribution < 1.29 is 9.59 Å². The molecule has 35 heavy (non-hydrogen) atoms. The number of hydrogen-bond acceptors (Lipinski definition) is 5. The number of amides is 1. The third kappa shape index (κ3) is 8.95. The summed E-state index contributed by atoms with van der Waals surface area (Å²) >= 11 is 5.92. The van der Waals surface area contributed by atoms with Crippen LogP contribution >= 0.6 is 11.6 Å². The molecule has 7 heteroatoms. The van der Waals surface area contributed by atoms with Crippen molar-refractivity contribution in [3.05, 3.63) is 64.7 Å². The highest BCUT2D eigenvalue weighted by molar-refractivity contribution is 6.30. The first-order valence-corrected chi connectivity index (χ1v) is 13.0. The summed E-state index contributed by atoms with van der Waals surface area (Å²) in [6, 6.07) is 15.0. The molecule has 3 rings (SSSR count). The van der Waals surface area contributed by atoms with Gasteiger partial charge in [0, 0.05) is 67.7 Å². The molecule has 1 N–H and O–H groups in total. The first kappa shape index (κ1) is 27.2. The summed E-state index contributed by atoms with van der Waals surface area (Å²) in [6.07, 6.45) is 3.52. The topological polar surface area (TPSA) is 55.9 Å². The van der Waals surface area contributed by atoms with E-state index in [9.17, 15) is 9.59 Å². The van der Waals surface area contributed by atoms with E-state index in [2.05, 4.69) is 27.1 Å². The Labute approximate surface area is 215 Å². The predicted octanol–water partition coefficient (Wildman–Crippen LogP) is 4.32. The molecule has 190 valence electrons. The summed E-state index contributed by atoms with van der Waals surface area (Å²) in [5.41, 5.74) is 2.45. The van der Waals surface area contributed by atoms with E-state index in [1.54, 1.807) is 24.3 Å². The van der Waals surface area contributed by atoms with Gasteiger partial charge in [-0.15, -0.1) is 0 Å². The second-order valence-electron chi connectivity index (χ2n) is 9.71. The zero-order valence-corrected chi connectivity index (χ0v) is 22.1. The molecule has 0 saturated carbocycles. The molecule has 0 aliphatic carbocycles. The molecule has 1 aliphatic heterocycles. The summed E-state index contributed by atoms with van der Waals surface area (Å²) in [5.74, 6) is 0.135. The number of nitrogens with zero attached hydrogens (tertiary/aromatic N) is 3. The average Bonchev–Trinajstić information content (AvgIpc) is 2.84. The van der Waals surface area contributed by atoms with Crippen LogP contribution < -0.4 is 10.2 Å². The maximum Gasteiger partial charge on any atom is 0.234 e. The first-order chi connectivity index (χ1) is 16.8. The number of rotatable bonds is 12. The molecule has 1 saturated heterocycles. The van der Waals surface area contributed by atoms with E-state index in [-0.39, 0.29) is 17.7 Å². The number of anilines is 1. The van der Waals surface area contributed by atoms with Gasteiger partial charge in [-0.2, -0.15) is 0 Å². The zero-order chi connectivity index (χ0) is 25.2. The van der Waals surface area contributed by atoms with Crippen LogP contribution in [-0.2, 0) is 4.79 Å². The quantitative estimate of drug-likeness (QED) is 0.349. The van der Waals surface area contributed by atoms with Gasteiger partial charge in [0.25, 0.3) is 0 Å². The van der Waals surface area contributed by atoms with Crippen LogP contribution in [0.1, 0.15) is 49.0 Å². The van der Waals surface area contributed by atoms with Gasteiger partial charge in [0.15, 0.2) is 5.78 Å². The average molecular weight is 499 g/mol. The lowest BCUT2D eigenvalue weighted by molar-refractivity contribution is -0.123. The van der Waals surface area contributed by atoms with Crippen molar-refractivity contribution in [3.8, 4) is 0 Å². The number of carbonyl (C=O) groups excluding carboxylic acids is 2. The van der Waals surface area contributed by atoms with Gasteiger partial charge in [-0.05, 0) is 81.8 Å². The normalized spacial score (nSPS) is 14.8. The van der Waals surface area contributed by atoms with Crippen LogP contribution in [0.4, 0.5) is 5.69 Å². The molecule has 1 heterocycles. The van der Waals surface area contributed by atoms with Crippen molar-refractivity contribution >= 4 is 29.0 Å². The van der Waals surface area contributed by atoms with Gasteiger partial charge in [-0.1, -0.05) is 18.0 Å². The van der Waals surface area contributed by atoms with Crippen LogP contribution in [0.2, 0.25) is 5.02 Å². The summed E-state index contributed by atoms with van der Waals surface area (Å²) in [7, 11) is 2.10. The van der Waals surface area contributed by atoms with E-state index in [1.807, 2.05) is 38.1 Å². The van der Waals surface area contributed by atoms with Gasteiger partial charge >= 0.3 is 0 Å². The summed E-state index contributed by atoms with van der Waals surface area (Å²) in [6.45, 7) is 10.6. The van der Waals surface area contributed by atoms with Crippen LogP contribution in [-0.4, -0.2) is 80.4 Å². The summed E-state index contributed by atoms with van der Waals surface area (Å²) < 4.78 is 0. The first-order valence-electron chi connectivity index (χ1n) is 12.7. The molecule has 0 atom stereocenters. The van der Waals surface area contributed by atoms with E-state index in [1.165, 1.54) is 12.8 Å². The second-order valence-corrected chi connectivity index (χ2v) is 10.1. The SMILES string of the molecule is CC(C)NC(=O)CN1CCN(CCCCCN(C)c2ccc(C(=O)c3ccc(Cl)cc3)cc2)CC1. The van der Waals surface area contributed by atoms with E-state index in [0.29, 0.717) is 22.7 Å². The number of piperazine rings is 1. The Kier molecular flexibility index (Phi) is 10.6. The van der Waals surface area contributed by atoms with Gasteiger partial charge in [0.1, 0.15) is 0 Å². The number of halogens is 1. The van der Waals surface area contributed by atoms with Crippen LogP contribution in [0.15, 0.2) is 48.5 Å². The lowest BCUT2D eigenvalue weighted by atomic mass is 10.0. The third-order valence-corrected chi connectivity index (χ3v) is 6.68. The largest absolute Gasteiger partial charge is 0.375 e. The highest BCUT2D eigenvalue weighted by atomic mass is 35.5. The van der Waals surface area contributed by atoms with Crippen molar-refractivity contribution in [3.63, 3.8) is 0 Å². The van der Waals surface area contributed by atoms with Gasteiger partial charge < -0.3 is 15.1 Å².